The second-order valence-corrected chi connectivity index (χ2v) is 9.11. The number of carbonyl (C=O) groups excluding carboxylic acids is 1. The molecule has 1 aliphatic rings. The molecule has 152 valence electrons. The molecule has 5 nitrogen and oxygen atoms in total. The van der Waals surface area contributed by atoms with Crippen molar-refractivity contribution in [3.05, 3.63) is 70.9 Å². The molecule has 30 heavy (non-hydrogen) atoms. The number of thiophene rings is 1. The van der Waals surface area contributed by atoms with Crippen LogP contribution in [0, 0.1) is 0 Å². The topological polar surface area (TPSA) is 49.3 Å². The van der Waals surface area contributed by atoms with Gasteiger partial charge in [0.15, 0.2) is 0 Å². The molecule has 4 heterocycles. The van der Waals surface area contributed by atoms with Gasteiger partial charge in [-0.3, -0.25) is 14.7 Å². The van der Waals surface area contributed by atoms with Crippen molar-refractivity contribution in [1.29, 1.82) is 0 Å². The summed E-state index contributed by atoms with van der Waals surface area (Å²) in [5.41, 5.74) is 3.53. The number of nitrogens with zero attached hydrogens (tertiary/aromatic N) is 4. The number of hydrogen-bond acceptors (Lipinski definition) is 5. The maximum absolute atomic E-state index is 12.9. The number of carbonyl (C=O) groups is 1. The molecule has 0 aliphatic carbocycles. The first kappa shape index (κ1) is 19.2. The minimum Gasteiger partial charge on any atom is -0.344 e. The third-order valence-corrected chi connectivity index (χ3v) is 7.04. The molecule has 1 amide bonds. The Morgan fingerprint density at radius 2 is 1.93 bits per heavy atom. The lowest BCUT2D eigenvalue weighted by Crippen LogP contribution is -2.23. The lowest BCUT2D eigenvalue weighted by molar-refractivity contribution is 0.0831. The largest absolute Gasteiger partial charge is 0.344 e. The smallest absolute Gasteiger partial charge is 0.263 e. The zero-order chi connectivity index (χ0) is 20.7. The third-order valence-electron chi connectivity index (χ3n) is 5.92. The molecule has 3 aromatic heterocycles. The van der Waals surface area contributed by atoms with Gasteiger partial charge in [-0.1, -0.05) is 24.3 Å². The summed E-state index contributed by atoms with van der Waals surface area (Å²) in [6.07, 6.45) is 4.76. The number of fused-ring (bicyclic) bond motifs is 2. The number of pyridine rings is 2. The van der Waals surface area contributed by atoms with Crippen LogP contribution < -0.4 is 0 Å². The van der Waals surface area contributed by atoms with E-state index in [2.05, 4.69) is 45.2 Å². The minimum absolute atomic E-state index is 0.0755. The van der Waals surface area contributed by atoms with Gasteiger partial charge >= 0.3 is 0 Å². The van der Waals surface area contributed by atoms with Crippen molar-refractivity contribution in [2.45, 2.75) is 18.9 Å². The summed E-state index contributed by atoms with van der Waals surface area (Å²) in [4.78, 5) is 27.9. The van der Waals surface area contributed by atoms with Crippen LogP contribution in [0.2, 0.25) is 0 Å². The van der Waals surface area contributed by atoms with E-state index in [4.69, 9.17) is 0 Å². The Morgan fingerprint density at radius 3 is 2.80 bits per heavy atom. The highest BCUT2D eigenvalue weighted by Gasteiger charge is 2.31. The van der Waals surface area contributed by atoms with Crippen molar-refractivity contribution in [2.75, 3.05) is 27.2 Å². The van der Waals surface area contributed by atoms with Crippen molar-refractivity contribution in [1.82, 2.24) is 19.8 Å². The van der Waals surface area contributed by atoms with Crippen LogP contribution in [0.15, 0.2) is 54.9 Å². The quantitative estimate of drug-likeness (QED) is 0.490. The highest BCUT2D eigenvalue weighted by molar-refractivity contribution is 7.20. The third kappa shape index (κ3) is 3.36. The maximum Gasteiger partial charge on any atom is 0.263 e. The Balaban J connectivity index is 1.45. The Labute approximate surface area is 180 Å². The fraction of sp³-hybridized carbons (Fsp3) is 0.292. The lowest BCUT2D eigenvalue weighted by Gasteiger charge is -2.18. The molecule has 0 unspecified atom stereocenters. The molecule has 1 saturated heterocycles. The molecule has 6 heteroatoms. The van der Waals surface area contributed by atoms with E-state index in [-0.39, 0.29) is 5.91 Å². The number of likely N-dealkylation sites (tertiary alicyclic amines) is 1. The van der Waals surface area contributed by atoms with Gasteiger partial charge in [0.05, 0.1) is 10.4 Å². The average molecular weight is 417 g/mol. The summed E-state index contributed by atoms with van der Waals surface area (Å²) in [6, 6.07) is 14.5. The highest BCUT2D eigenvalue weighted by atomic mass is 32.1. The molecule has 0 radical (unpaired) electrons. The molecule has 5 rings (SSSR count). The zero-order valence-corrected chi connectivity index (χ0v) is 18.0. The molecule has 0 N–H and O–H groups in total. The first-order valence-corrected chi connectivity index (χ1v) is 11.1. The van der Waals surface area contributed by atoms with E-state index in [1.807, 2.05) is 38.6 Å². The molecular formula is C24H24N4OS. The van der Waals surface area contributed by atoms with E-state index in [0.717, 1.165) is 46.7 Å². The van der Waals surface area contributed by atoms with Crippen molar-refractivity contribution >= 4 is 38.4 Å². The van der Waals surface area contributed by atoms with Crippen LogP contribution in [0.5, 0.6) is 0 Å². The summed E-state index contributed by atoms with van der Waals surface area (Å²) in [5, 5.41) is 2.35. The predicted molar refractivity (Wildman–Crippen MR) is 122 cm³/mol. The molecule has 4 aromatic rings. The number of hydrogen-bond donors (Lipinski definition) is 0. The van der Waals surface area contributed by atoms with Crippen molar-refractivity contribution in [2.24, 2.45) is 0 Å². The number of benzene rings is 1. The van der Waals surface area contributed by atoms with Gasteiger partial charge in [0, 0.05) is 56.3 Å². The fourth-order valence-corrected chi connectivity index (χ4v) is 5.72. The van der Waals surface area contributed by atoms with Crippen LogP contribution >= 0.6 is 11.3 Å². The Morgan fingerprint density at radius 1 is 1.10 bits per heavy atom. The Kier molecular flexibility index (Phi) is 4.97. The van der Waals surface area contributed by atoms with E-state index in [1.54, 1.807) is 4.90 Å². The molecule has 0 bridgehead atoms. The highest BCUT2D eigenvalue weighted by Crippen LogP contribution is 2.40. The van der Waals surface area contributed by atoms with E-state index >= 15 is 0 Å². The van der Waals surface area contributed by atoms with Gasteiger partial charge in [0.1, 0.15) is 4.83 Å². The second-order valence-electron chi connectivity index (χ2n) is 8.11. The van der Waals surface area contributed by atoms with Crippen LogP contribution in [0.25, 0.3) is 21.1 Å². The van der Waals surface area contributed by atoms with Gasteiger partial charge in [0.2, 0.25) is 0 Å². The van der Waals surface area contributed by atoms with Crippen LogP contribution in [0.1, 0.15) is 33.1 Å². The number of para-hydroxylation sites is 1. The van der Waals surface area contributed by atoms with E-state index in [1.165, 1.54) is 27.8 Å². The van der Waals surface area contributed by atoms with Gasteiger partial charge in [-0.2, -0.15) is 0 Å². The second kappa shape index (κ2) is 7.78. The normalized spacial score (nSPS) is 17.1. The Hall–Kier alpha value is -2.83. The van der Waals surface area contributed by atoms with Crippen molar-refractivity contribution in [3.63, 3.8) is 0 Å². The molecule has 1 fully saturated rings. The standard InChI is InChI=1S/C24H24N4OS/c1-27(2)24(29)22-21(19-7-5-11-26-23(19)30-22)17-10-13-28(15-17)14-16-9-12-25-20-8-4-3-6-18(16)20/h3-9,11-12,17H,10,13-15H2,1-2H3/t17-/m0/s1. The molecule has 0 spiro atoms. The average Bonchev–Trinajstić information content (AvgIpc) is 3.37. The number of amides is 1. The molecule has 1 aliphatic heterocycles. The minimum atomic E-state index is 0.0755. The van der Waals surface area contributed by atoms with Gasteiger partial charge in [-0.25, -0.2) is 4.98 Å². The van der Waals surface area contributed by atoms with Crippen molar-refractivity contribution in [3.8, 4) is 0 Å². The number of rotatable bonds is 4. The summed E-state index contributed by atoms with van der Waals surface area (Å²) in [5.74, 6) is 0.418. The Bertz CT molecular complexity index is 1230. The molecule has 0 saturated carbocycles. The molecule has 1 atom stereocenters. The lowest BCUT2D eigenvalue weighted by atomic mass is 9.95. The monoisotopic (exact) mass is 416 g/mol. The maximum atomic E-state index is 12.9. The zero-order valence-electron chi connectivity index (χ0n) is 17.2. The predicted octanol–water partition coefficient (Wildman–Crippen LogP) is 4.54. The van der Waals surface area contributed by atoms with Gasteiger partial charge in [-0.15, -0.1) is 11.3 Å². The molecule has 1 aromatic carbocycles. The van der Waals surface area contributed by atoms with Crippen LogP contribution in [-0.4, -0.2) is 52.9 Å². The van der Waals surface area contributed by atoms with E-state index in [9.17, 15) is 4.79 Å². The number of aromatic nitrogens is 2. The van der Waals surface area contributed by atoms with E-state index < -0.39 is 0 Å². The van der Waals surface area contributed by atoms with Gasteiger partial charge < -0.3 is 4.90 Å². The van der Waals surface area contributed by atoms with Gasteiger partial charge in [0.25, 0.3) is 5.91 Å². The summed E-state index contributed by atoms with van der Waals surface area (Å²) in [7, 11) is 3.64. The van der Waals surface area contributed by atoms with Crippen LogP contribution in [0.3, 0.4) is 0 Å². The summed E-state index contributed by atoms with van der Waals surface area (Å²) in [6.45, 7) is 2.87. The van der Waals surface area contributed by atoms with E-state index in [0.29, 0.717) is 5.92 Å². The summed E-state index contributed by atoms with van der Waals surface area (Å²) < 4.78 is 0. The first-order valence-electron chi connectivity index (χ1n) is 10.3. The van der Waals surface area contributed by atoms with Crippen LogP contribution in [0.4, 0.5) is 0 Å². The SMILES string of the molecule is CN(C)C(=O)c1sc2ncccc2c1[C@H]1CCN(Cc2ccnc3ccccc23)C1. The van der Waals surface area contributed by atoms with Crippen molar-refractivity contribution < 1.29 is 4.79 Å². The van der Waals surface area contributed by atoms with Crippen LogP contribution in [-0.2, 0) is 6.54 Å². The first-order chi connectivity index (χ1) is 14.6. The fourth-order valence-electron chi connectivity index (χ4n) is 4.46. The molecular weight excluding hydrogens is 392 g/mol. The van der Waals surface area contributed by atoms with Gasteiger partial charge in [-0.05, 0) is 42.3 Å². The summed E-state index contributed by atoms with van der Waals surface area (Å²) >= 11 is 1.53.